The minimum Gasteiger partial charge on any atom is -0.465 e. The van der Waals surface area contributed by atoms with Crippen LogP contribution in [0.4, 0.5) is 4.79 Å². The molecule has 0 radical (unpaired) electrons. The van der Waals surface area contributed by atoms with Crippen molar-refractivity contribution in [3.63, 3.8) is 0 Å². The van der Waals surface area contributed by atoms with Gasteiger partial charge in [-0.1, -0.05) is 70.7 Å². The minimum absolute atomic E-state index is 0.0889. The highest BCUT2D eigenvalue weighted by atomic mass is 28.3. The van der Waals surface area contributed by atoms with Crippen LogP contribution in [0.25, 0.3) is 10.9 Å². The Morgan fingerprint density at radius 1 is 1.12 bits per heavy atom. The second-order valence-corrected chi connectivity index (χ2v) is 18.6. The Balaban J connectivity index is 1.52. The monoisotopic (exact) mass is 561 g/mol. The molecule has 0 aliphatic rings. The molecule has 40 heavy (non-hydrogen) atoms. The summed E-state index contributed by atoms with van der Waals surface area (Å²) in [6.45, 7) is 17.4. The standard InChI is InChI=1S/C31H43N5O3Si/c1-22-16-24(17-25-20-36(34-28(22)25)21-39-14-15-40(5,6)7)18-27(33-30(37)38)29-32-12-13-35(29)19-23-8-10-26(11-9-23)31(2,3)4/h8-13,16-17,20,27,33H,14-15,18-19,21H2,1-7H3,(H,37,38). The molecule has 0 aliphatic carbocycles. The molecule has 4 rings (SSSR count). The van der Waals surface area contributed by atoms with E-state index in [4.69, 9.17) is 9.84 Å². The maximum Gasteiger partial charge on any atom is 0.405 e. The fraction of sp³-hybridized carbons (Fsp3) is 0.452. The van der Waals surface area contributed by atoms with Gasteiger partial charge in [0.2, 0.25) is 0 Å². The van der Waals surface area contributed by atoms with E-state index in [-0.39, 0.29) is 5.41 Å². The van der Waals surface area contributed by atoms with Crippen molar-refractivity contribution in [2.75, 3.05) is 6.61 Å². The Morgan fingerprint density at radius 3 is 2.50 bits per heavy atom. The molecule has 0 fully saturated rings. The van der Waals surface area contributed by atoms with Crippen LogP contribution in [0.1, 0.15) is 54.9 Å². The predicted octanol–water partition coefficient (Wildman–Crippen LogP) is 6.75. The highest BCUT2D eigenvalue weighted by Crippen LogP contribution is 2.26. The van der Waals surface area contributed by atoms with Gasteiger partial charge in [0, 0.05) is 51.6 Å². The quantitative estimate of drug-likeness (QED) is 0.156. The van der Waals surface area contributed by atoms with Gasteiger partial charge in [-0.05, 0) is 46.7 Å². The molecule has 2 aromatic carbocycles. The van der Waals surface area contributed by atoms with E-state index >= 15 is 0 Å². The first-order valence-corrected chi connectivity index (χ1v) is 17.6. The number of aromatic nitrogens is 4. The van der Waals surface area contributed by atoms with E-state index in [1.807, 2.05) is 28.6 Å². The molecule has 0 saturated heterocycles. The van der Waals surface area contributed by atoms with Gasteiger partial charge >= 0.3 is 6.09 Å². The van der Waals surface area contributed by atoms with Crippen LogP contribution in [0.15, 0.2) is 55.0 Å². The number of carbonyl (C=O) groups is 1. The van der Waals surface area contributed by atoms with E-state index < -0.39 is 20.2 Å². The molecule has 1 atom stereocenters. The topological polar surface area (TPSA) is 94.2 Å². The van der Waals surface area contributed by atoms with Gasteiger partial charge in [-0.15, -0.1) is 0 Å². The van der Waals surface area contributed by atoms with Crippen molar-refractivity contribution in [2.45, 2.75) is 84.5 Å². The molecule has 2 heterocycles. The fourth-order valence-corrected chi connectivity index (χ4v) is 5.58. The number of benzene rings is 2. The van der Waals surface area contributed by atoms with Crippen LogP contribution >= 0.6 is 0 Å². The van der Waals surface area contributed by atoms with E-state index in [9.17, 15) is 9.90 Å². The third kappa shape index (κ3) is 7.82. The number of fused-ring (bicyclic) bond motifs is 1. The summed E-state index contributed by atoms with van der Waals surface area (Å²) in [4.78, 5) is 16.4. The molecule has 0 aliphatic heterocycles. The lowest BCUT2D eigenvalue weighted by Gasteiger charge is -2.20. The number of ether oxygens (including phenoxy) is 1. The van der Waals surface area contributed by atoms with Gasteiger partial charge < -0.3 is 19.7 Å². The van der Waals surface area contributed by atoms with Gasteiger partial charge in [0.25, 0.3) is 0 Å². The summed E-state index contributed by atoms with van der Waals surface area (Å²) in [5, 5.41) is 18.1. The van der Waals surface area contributed by atoms with Crippen LogP contribution in [-0.2, 0) is 29.8 Å². The highest BCUT2D eigenvalue weighted by Gasteiger charge is 2.21. The van der Waals surface area contributed by atoms with Crippen LogP contribution in [0, 0.1) is 6.92 Å². The number of nitrogens with zero attached hydrogens (tertiary/aromatic N) is 4. The summed E-state index contributed by atoms with van der Waals surface area (Å²) in [5.41, 5.74) is 5.50. The van der Waals surface area contributed by atoms with Crippen LogP contribution in [0.5, 0.6) is 0 Å². The number of rotatable bonds is 11. The molecular weight excluding hydrogens is 518 g/mol. The maximum atomic E-state index is 11.8. The average molecular weight is 562 g/mol. The van der Waals surface area contributed by atoms with Crippen molar-refractivity contribution in [1.82, 2.24) is 24.6 Å². The average Bonchev–Trinajstić information content (AvgIpc) is 3.47. The Hall–Kier alpha value is -3.43. The molecule has 0 bridgehead atoms. The van der Waals surface area contributed by atoms with Gasteiger partial charge in [-0.3, -0.25) is 0 Å². The van der Waals surface area contributed by atoms with Gasteiger partial charge in [-0.2, -0.15) is 5.10 Å². The Kier molecular flexibility index (Phi) is 8.85. The first-order valence-electron chi connectivity index (χ1n) is 13.9. The first-order chi connectivity index (χ1) is 18.8. The molecule has 2 N–H and O–H groups in total. The van der Waals surface area contributed by atoms with E-state index in [0.29, 0.717) is 25.5 Å². The zero-order valence-electron chi connectivity index (χ0n) is 24.9. The zero-order chi connectivity index (χ0) is 29.1. The number of imidazole rings is 1. The molecule has 4 aromatic rings. The first kappa shape index (κ1) is 29.5. The lowest BCUT2D eigenvalue weighted by Crippen LogP contribution is -2.30. The maximum absolute atomic E-state index is 11.8. The second kappa shape index (κ2) is 12.0. The molecule has 1 amide bonds. The van der Waals surface area contributed by atoms with Crippen molar-refractivity contribution < 1.29 is 14.6 Å². The van der Waals surface area contributed by atoms with Crippen molar-refractivity contribution in [3.05, 3.63) is 83.1 Å². The summed E-state index contributed by atoms with van der Waals surface area (Å²) >= 11 is 0. The molecule has 0 spiro atoms. The molecule has 1 unspecified atom stereocenters. The smallest absolute Gasteiger partial charge is 0.405 e. The van der Waals surface area contributed by atoms with Gasteiger partial charge in [0.05, 0.1) is 11.6 Å². The van der Waals surface area contributed by atoms with Crippen LogP contribution < -0.4 is 5.32 Å². The largest absolute Gasteiger partial charge is 0.465 e. The Morgan fingerprint density at radius 2 is 1.85 bits per heavy atom. The lowest BCUT2D eigenvalue weighted by molar-refractivity contribution is 0.0791. The van der Waals surface area contributed by atoms with Crippen LogP contribution in [-0.4, -0.2) is 45.2 Å². The third-order valence-corrected chi connectivity index (χ3v) is 8.80. The predicted molar refractivity (Wildman–Crippen MR) is 163 cm³/mol. The fourth-order valence-electron chi connectivity index (χ4n) is 4.82. The molecule has 2 aromatic heterocycles. The second-order valence-electron chi connectivity index (χ2n) is 12.9. The van der Waals surface area contributed by atoms with E-state index in [0.717, 1.165) is 40.2 Å². The third-order valence-electron chi connectivity index (χ3n) is 7.10. The number of hydrogen-bond acceptors (Lipinski definition) is 4. The number of hydrogen-bond donors (Lipinski definition) is 2. The number of carboxylic acid groups (broad SMARTS) is 1. The van der Waals surface area contributed by atoms with Gasteiger partial charge in [0.15, 0.2) is 0 Å². The van der Waals surface area contributed by atoms with E-state index in [2.05, 4.69) is 87.1 Å². The van der Waals surface area contributed by atoms with Crippen LogP contribution in [0.2, 0.25) is 25.7 Å². The zero-order valence-corrected chi connectivity index (χ0v) is 25.9. The van der Waals surface area contributed by atoms with Crippen LogP contribution in [0.3, 0.4) is 0 Å². The molecule has 214 valence electrons. The van der Waals surface area contributed by atoms with Crippen molar-refractivity contribution in [3.8, 4) is 0 Å². The lowest BCUT2D eigenvalue weighted by atomic mass is 9.87. The highest BCUT2D eigenvalue weighted by molar-refractivity contribution is 6.76. The molecule has 0 saturated carbocycles. The number of aryl methyl sites for hydroxylation is 1. The number of amides is 1. The Labute approximate surface area is 238 Å². The van der Waals surface area contributed by atoms with Crippen molar-refractivity contribution in [1.29, 1.82) is 0 Å². The number of nitrogens with one attached hydrogen (secondary N) is 1. The summed E-state index contributed by atoms with van der Waals surface area (Å²) < 4.78 is 9.75. The Bertz CT molecular complexity index is 1440. The molecular formula is C31H43N5O3Si. The summed E-state index contributed by atoms with van der Waals surface area (Å²) in [5.74, 6) is 0.687. The van der Waals surface area contributed by atoms with E-state index in [1.165, 1.54) is 5.56 Å². The molecule has 8 nitrogen and oxygen atoms in total. The van der Waals surface area contributed by atoms with Gasteiger partial charge in [0.1, 0.15) is 12.6 Å². The van der Waals surface area contributed by atoms with Crippen molar-refractivity contribution in [2.24, 2.45) is 0 Å². The van der Waals surface area contributed by atoms with E-state index in [1.54, 1.807) is 6.20 Å². The van der Waals surface area contributed by atoms with Gasteiger partial charge in [-0.25, -0.2) is 14.5 Å². The normalized spacial score (nSPS) is 13.1. The summed E-state index contributed by atoms with van der Waals surface area (Å²) in [6, 6.07) is 13.4. The SMILES string of the molecule is Cc1cc(CC(NC(=O)O)c2nccn2Cc2ccc(C(C)(C)C)cc2)cc2cn(COCC[Si](C)(C)C)nc12. The summed E-state index contributed by atoms with van der Waals surface area (Å²) in [6.07, 6.45) is 5.04. The minimum atomic E-state index is -1.14. The van der Waals surface area contributed by atoms with Crippen molar-refractivity contribution >= 4 is 25.1 Å². The molecule has 9 heteroatoms. The summed E-state index contributed by atoms with van der Waals surface area (Å²) in [7, 11) is -1.14.